The van der Waals surface area contributed by atoms with Crippen LogP contribution in [0.2, 0.25) is 0 Å². The Balaban J connectivity index is 0.000000324. The number of hydrogen-bond acceptors (Lipinski definition) is 6. The summed E-state index contributed by atoms with van der Waals surface area (Å²) in [6.45, 7) is 3.79. The molecule has 0 aromatic heterocycles. The van der Waals surface area contributed by atoms with E-state index in [-0.39, 0.29) is 39.9 Å². The van der Waals surface area contributed by atoms with Gasteiger partial charge in [-0.1, -0.05) is 0 Å². The molecule has 0 aromatic carbocycles. The van der Waals surface area contributed by atoms with Gasteiger partial charge in [-0.25, -0.2) is 9.59 Å². The molecule has 0 bridgehead atoms. The minimum Gasteiger partial charge on any atom is -0.512 e. The van der Waals surface area contributed by atoms with Gasteiger partial charge in [0.15, 0.2) is 0 Å². The van der Waals surface area contributed by atoms with Crippen LogP contribution >= 0.6 is 0 Å². The van der Waals surface area contributed by atoms with Crippen LogP contribution in [0.4, 0.5) is 0 Å². The topological polar surface area (TPSA) is 93.1 Å². The number of ether oxygens (including phenoxy) is 2. The van der Waals surface area contributed by atoms with E-state index >= 15 is 0 Å². The molecule has 2 aliphatic rings. The Morgan fingerprint density at radius 3 is 1.32 bits per heavy atom. The summed E-state index contributed by atoms with van der Waals surface area (Å²) in [6, 6.07) is 0. The van der Waals surface area contributed by atoms with Gasteiger partial charge in [-0.3, -0.25) is 0 Å². The molecule has 7 heteroatoms. The van der Waals surface area contributed by atoms with E-state index in [1.165, 1.54) is 13.8 Å². The summed E-state index contributed by atoms with van der Waals surface area (Å²) in [5, 5.41) is 17.6. The maximum atomic E-state index is 10.6. The van der Waals surface area contributed by atoms with E-state index in [1.54, 1.807) is 0 Å². The smallest absolute Gasteiger partial charge is 0.337 e. The second-order valence-electron chi connectivity index (χ2n) is 3.90. The predicted octanol–water partition coefficient (Wildman–Crippen LogP) is 1.53. The van der Waals surface area contributed by atoms with Gasteiger partial charge in [-0.15, -0.1) is 0 Å². The number of aliphatic hydroxyl groups excluding tert-OH is 2. The molecule has 2 rings (SSSR count). The molecule has 0 aromatic rings. The molecule has 0 unspecified atom stereocenters. The van der Waals surface area contributed by atoms with Gasteiger partial charge in [-0.2, -0.15) is 0 Å². The second-order valence-corrected chi connectivity index (χ2v) is 3.90. The van der Waals surface area contributed by atoms with Crippen molar-refractivity contribution in [3.63, 3.8) is 0 Å². The number of allylic oxidation sites excluding steroid dienone is 2. The molecule has 19 heavy (non-hydrogen) atoms. The van der Waals surface area contributed by atoms with Gasteiger partial charge < -0.3 is 19.7 Å². The quantitative estimate of drug-likeness (QED) is 0.305. The van der Waals surface area contributed by atoms with Crippen LogP contribution in [0.25, 0.3) is 0 Å². The van der Waals surface area contributed by atoms with Crippen molar-refractivity contribution in [3.8, 4) is 0 Å². The summed E-state index contributed by atoms with van der Waals surface area (Å²) < 4.78 is 9.14. The molecule has 0 amide bonds. The number of carbonyl (C=O) groups is 2. The number of rotatable bonds is 0. The van der Waals surface area contributed by atoms with E-state index < -0.39 is 0 Å². The number of hydrogen-bond donors (Lipinski definition) is 2. The first-order valence-corrected chi connectivity index (χ1v) is 5.55. The van der Waals surface area contributed by atoms with Crippen LogP contribution in [0, 0.1) is 0 Å². The zero-order valence-electron chi connectivity index (χ0n) is 10.7. The van der Waals surface area contributed by atoms with Crippen molar-refractivity contribution >= 4 is 11.9 Å². The molecule has 2 saturated heterocycles. The van der Waals surface area contributed by atoms with Gasteiger partial charge in [-0.05, 0) is 13.8 Å². The zero-order valence-corrected chi connectivity index (χ0v) is 11.7. The maximum Gasteiger partial charge on any atom is 0.337 e. The van der Waals surface area contributed by atoms with Crippen molar-refractivity contribution in [1.82, 2.24) is 0 Å². The van der Waals surface area contributed by atoms with Crippen LogP contribution in [0.3, 0.4) is 0 Å². The number of cyclic esters (lactones) is 2. The molecule has 110 valence electrons. The van der Waals surface area contributed by atoms with Gasteiger partial charge in [0.1, 0.15) is 0 Å². The van der Waals surface area contributed by atoms with E-state index in [2.05, 4.69) is 9.47 Å². The summed E-state index contributed by atoms with van der Waals surface area (Å²) in [6.07, 6.45) is 1.09. The van der Waals surface area contributed by atoms with E-state index in [0.29, 0.717) is 37.2 Å². The molecule has 2 aliphatic heterocycles. The van der Waals surface area contributed by atoms with Gasteiger partial charge in [0.05, 0.1) is 35.9 Å². The Hall–Kier alpha value is -1.49. The molecule has 6 nitrogen and oxygen atoms in total. The standard InChI is InChI=1S/2C6H8O3.Ni/c2*1-4(7)5-2-3-9-6(5)8;/h2*7H,2-3H2,1H3;/b5-4+;5-4-;. The number of esters is 2. The third kappa shape index (κ3) is 4.95. The van der Waals surface area contributed by atoms with Crippen molar-refractivity contribution in [2.24, 2.45) is 0 Å². The van der Waals surface area contributed by atoms with Crippen LogP contribution in [0.15, 0.2) is 22.7 Å². The molecule has 0 spiro atoms. The normalized spacial score (nSPS) is 22.6. The third-order valence-electron chi connectivity index (χ3n) is 2.54. The van der Waals surface area contributed by atoms with Gasteiger partial charge >= 0.3 is 11.9 Å². The van der Waals surface area contributed by atoms with Crippen LogP contribution in [0.5, 0.6) is 0 Å². The first-order valence-electron chi connectivity index (χ1n) is 5.55. The third-order valence-corrected chi connectivity index (χ3v) is 2.54. The first-order chi connectivity index (χ1) is 8.43. The zero-order chi connectivity index (χ0) is 13.7. The van der Waals surface area contributed by atoms with Gasteiger partial charge in [0.25, 0.3) is 0 Å². The summed E-state index contributed by atoms with van der Waals surface area (Å²) in [4.78, 5) is 21.2. The second kappa shape index (κ2) is 7.84. The summed E-state index contributed by atoms with van der Waals surface area (Å²) in [5.74, 6) is -0.597. The molecular formula is C12H16NiO6. The molecular weight excluding hydrogens is 299 g/mol. The average Bonchev–Trinajstić information content (AvgIpc) is 2.87. The first kappa shape index (κ1) is 17.5. The van der Waals surface area contributed by atoms with Crippen LogP contribution < -0.4 is 0 Å². The molecule has 2 N–H and O–H groups in total. The molecule has 0 radical (unpaired) electrons. The monoisotopic (exact) mass is 314 g/mol. The minimum absolute atomic E-state index is 0. The van der Waals surface area contributed by atoms with Gasteiger partial charge in [0, 0.05) is 29.3 Å². The van der Waals surface area contributed by atoms with Crippen molar-refractivity contribution in [3.05, 3.63) is 22.7 Å². The van der Waals surface area contributed by atoms with E-state index in [1.807, 2.05) is 0 Å². The minimum atomic E-state index is -0.380. The van der Waals surface area contributed by atoms with Crippen molar-refractivity contribution in [2.75, 3.05) is 13.2 Å². The summed E-state index contributed by atoms with van der Waals surface area (Å²) in [5.41, 5.74) is 0.824. The summed E-state index contributed by atoms with van der Waals surface area (Å²) in [7, 11) is 0. The Kier molecular flexibility index (Phi) is 7.23. The number of aliphatic hydroxyl groups is 2. The molecule has 0 saturated carbocycles. The Bertz CT molecular complexity index is 376. The molecule has 2 heterocycles. The Morgan fingerprint density at radius 1 is 0.895 bits per heavy atom. The van der Waals surface area contributed by atoms with Crippen LogP contribution in [0.1, 0.15) is 26.7 Å². The van der Waals surface area contributed by atoms with Crippen molar-refractivity contribution in [2.45, 2.75) is 26.7 Å². The van der Waals surface area contributed by atoms with E-state index in [0.717, 1.165) is 0 Å². The maximum absolute atomic E-state index is 10.6. The molecule has 2 fully saturated rings. The largest absolute Gasteiger partial charge is 0.512 e. The van der Waals surface area contributed by atoms with Crippen LogP contribution in [-0.2, 0) is 35.6 Å². The predicted molar refractivity (Wildman–Crippen MR) is 61.8 cm³/mol. The fourth-order valence-electron chi connectivity index (χ4n) is 1.53. The Labute approximate surface area is 121 Å². The van der Waals surface area contributed by atoms with Crippen molar-refractivity contribution < 1.29 is 45.8 Å². The Morgan fingerprint density at radius 2 is 1.21 bits per heavy atom. The average molecular weight is 315 g/mol. The van der Waals surface area contributed by atoms with Crippen LogP contribution in [-0.4, -0.2) is 35.4 Å². The SMILES string of the molecule is C/C(O)=C1/CCOC1=O.C/C(O)=C1\CCOC1=O.[Ni]. The number of carbonyl (C=O) groups excluding carboxylic acids is 2. The van der Waals surface area contributed by atoms with Gasteiger partial charge in [0.2, 0.25) is 0 Å². The fourth-order valence-corrected chi connectivity index (χ4v) is 1.53. The van der Waals surface area contributed by atoms with E-state index in [4.69, 9.17) is 10.2 Å². The van der Waals surface area contributed by atoms with Crippen molar-refractivity contribution in [1.29, 1.82) is 0 Å². The summed E-state index contributed by atoms with van der Waals surface area (Å²) >= 11 is 0. The molecule has 0 aliphatic carbocycles. The molecule has 0 atom stereocenters. The fraction of sp³-hybridized carbons (Fsp3) is 0.500. The van der Waals surface area contributed by atoms with E-state index in [9.17, 15) is 9.59 Å².